The standard InChI is InChI=1S/C18H27NO2S/c1-3-21-16-10-12-17(13-11-16)22-14-18(20)19(2)15-8-6-4-5-7-9-15/h10-13,15H,3-9,14H2,1-2H3. The van der Waals surface area contributed by atoms with Gasteiger partial charge in [-0.15, -0.1) is 11.8 Å². The summed E-state index contributed by atoms with van der Waals surface area (Å²) in [7, 11) is 1.97. The Balaban J connectivity index is 1.80. The normalized spacial score (nSPS) is 16.1. The summed E-state index contributed by atoms with van der Waals surface area (Å²) in [5.74, 6) is 1.64. The fraction of sp³-hybridized carbons (Fsp3) is 0.611. The van der Waals surface area contributed by atoms with Crippen molar-refractivity contribution in [3.8, 4) is 5.75 Å². The van der Waals surface area contributed by atoms with E-state index >= 15 is 0 Å². The van der Waals surface area contributed by atoms with Crippen LogP contribution in [0.15, 0.2) is 29.2 Å². The van der Waals surface area contributed by atoms with Crippen LogP contribution in [0.25, 0.3) is 0 Å². The lowest BCUT2D eigenvalue weighted by atomic mass is 10.1. The first-order valence-electron chi connectivity index (χ1n) is 8.32. The predicted molar refractivity (Wildman–Crippen MR) is 92.6 cm³/mol. The smallest absolute Gasteiger partial charge is 0.232 e. The molecule has 4 heteroatoms. The van der Waals surface area contributed by atoms with E-state index in [2.05, 4.69) is 0 Å². The van der Waals surface area contributed by atoms with Crippen molar-refractivity contribution in [3.63, 3.8) is 0 Å². The third-order valence-electron chi connectivity index (χ3n) is 4.26. The quantitative estimate of drug-likeness (QED) is 0.576. The Bertz CT molecular complexity index is 453. The molecule has 0 unspecified atom stereocenters. The van der Waals surface area contributed by atoms with Gasteiger partial charge >= 0.3 is 0 Å². The van der Waals surface area contributed by atoms with Gasteiger partial charge < -0.3 is 9.64 Å². The van der Waals surface area contributed by atoms with Crippen LogP contribution in [-0.2, 0) is 4.79 Å². The summed E-state index contributed by atoms with van der Waals surface area (Å²) in [6.45, 7) is 2.65. The fourth-order valence-corrected chi connectivity index (χ4v) is 3.72. The van der Waals surface area contributed by atoms with Crippen LogP contribution in [0.5, 0.6) is 5.75 Å². The van der Waals surface area contributed by atoms with Gasteiger partial charge in [0.25, 0.3) is 0 Å². The summed E-state index contributed by atoms with van der Waals surface area (Å²) in [5, 5.41) is 0. The van der Waals surface area contributed by atoms with Gasteiger partial charge in [-0.05, 0) is 44.0 Å². The van der Waals surface area contributed by atoms with E-state index in [4.69, 9.17) is 4.74 Å². The second-order valence-electron chi connectivity index (χ2n) is 5.84. The highest BCUT2D eigenvalue weighted by Crippen LogP contribution is 2.24. The van der Waals surface area contributed by atoms with Gasteiger partial charge in [0.1, 0.15) is 5.75 Å². The Morgan fingerprint density at radius 1 is 1.18 bits per heavy atom. The third-order valence-corrected chi connectivity index (χ3v) is 5.26. The van der Waals surface area contributed by atoms with Crippen molar-refractivity contribution in [2.45, 2.75) is 56.4 Å². The number of thioether (sulfide) groups is 1. The Kier molecular flexibility index (Phi) is 7.10. The molecule has 1 aromatic carbocycles. The van der Waals surface area contributed by atoms with Gasteiger partial charge in [-0.3, -0.25) is 4.79 Å². The molecule has 22 heavy (non-hydrogen) atoms. The van der Waals surface area contributed by atoms with E-state index in [0.29, 0.717) is 18.4 Å². The van der Waals surface area contributed by atoms with Crippen LogP contribution >= 0.6 is 11.8 Å². The zero-order valence-corrected chi connectivity index (χ0v) is 14.5. The number of benzene rings is 1. The number of amides is 1. The first-order chi connectivity index (χ1) is 10.7. The summed E-state index contributed by atoms with van der Waals surface area (Å²) < 4.78 is 5.43. The molecule has 0 spiro atoms. The number of nitrogens with zero attached hydrogens (tertiary/aromatic N) is 1. The Labute approximate surface area is 138 Å². The van der Waals surface area contributed by atoms with Crippen molar-refractivity contribution in [3.05, 3.63) is 24.3 Å². The summed E-state index contributed by atoms with van der Waals surface area (Å²) >= 11 is 1.61. The zero-order valence-electron chi connectivity index (χ0n) is 13.7. The molecule has 0 atom stereocenters. The minimum Gasteiger partial charge on any atom is -0.494 e. The number of hydrogen-bond donors (Lipinski definition) is 0. The molecule has 2 rings (SSSR count). The highest BCUT2D eigenvalue weighted by atomic mass is 32.2. The zero-order chi connectivity index (χ0) is 15.8. The molecule has 1 aliphatic carbocycles. The van der Waals surface area contributed by atoms with Gasteiger partial charge in [-0.1, -0.05) is 25.7 Å². The van der Waals surface area contributed by atoms with Gasteiger partial charge in [0.15, 0.2) is 0 Å². The molecule has 0 saturated heterocycles. The molecule has 1 aromatic rings. The number of hydrogen-bond acceptors (Lipinski definition) is 3. The summed E-state index contributed by atoms with van der Waals surface area (Å²) in [5.41, 5.74) is 0. The van der Waals surface area contributed by atoms with Crippen molar-refractivity contribution < 1.29 is 9.53 Å². The minimum absolute atomic E-state index is 0.241. The Morgan fingerprint density at radius 3 is 2.41 bits per heavy atom. The molecular formula is C18H27NO2S. The molecule has 3 nitrogen and oxygen atoms in total. The molecule has 0 heterocycles. The summed E-state index contributed by atoms with van der Waals surface area (Å²) in [6.07, 6.45) is 7.48. The third kappa shape index (κ3) is 5.24. The lowest BCUT2D eigenvalue weighted by Crippen LogP contribution is -2.37. The lowest BCUT2D eigenvalue weighted by molar-refractivity contribution is -0.129. The number of rotatable bonds is 6. The van der Waals surface area contributed by atoms with Crippen LogP contribution in [0, 0.1) is 0 Å². The van der Waals surface area contributed by atoms with E-state index < -0.39 is 0 Å². The number of carbonyl (C=O) groups is 1. The first kappa shape index (κ1) is 17.2. The average molecular weight is 321 g/mol. The maximum Gasteiger partial charge on any atom is 0.232 e. The molecule has 0 aliphatic heterocycles. The van der Waals surface area contributed by atoms with Crippen LogP contribution in [0.4, 0.5) is 0 Å². The van der Waals surface area contributed by atoms with Crippen LogP contribution in [0.2, 0.25) is 0 Å². The maximum atomic E-state index is 12.4. The largest absolute Gasteiger partial charge is 0.494 e. The Morgan fingerprint density at radius 2 is 1.82 bits per heavy atom. The van der Waals surface area contributed by atoms with E-state index in [1.165, 1.54) is 25.7 Å². The molecule has 1 fully saturated rings. The predicted octanol–water partition coefficient (Wildman–Crippen LogP) is 4.36. The molecule has 0 bridgehead atoms. The summed E-state index contributed by atoms with van der Waals surface area (Å²) in [6, 6.07) is 8.41. The number of carbonyl (C=O) groups excluding carboxylic acids is 1. The van der Waals surface area contributed by atoms with Crippen molar-refractivity contribution >= 4 is 17.7 Å². The minimum atomic E-state index is 0.241. The van der Waals surface area contributed by atoms with E-state index in [9.17, 15) is 4.79 Å². The molecule has 1 amide bonds. The second-order valence-corrected chi connectivity index (χ2v) is 6.89. The van der Waals surface area contributed by atoms with Gasteiger partial charge in [0.2, 0.25) is 5.91 Å². The van der Waals surface area contributed by atoms with E-state index in [1.807, 2.05) is 43.1 Å². The van der Waals surface area contributed by atoms with E-state index in [0.717, 1.165) is 23.5 Å². The highest BCUT2D eigenvalue weighted by Gasteiger charge is 2.20. The molecule has 0 N–H and O–H groups in total. The monoisotopic (exact) mass is 321 g/mol. The highest BCUT2D eigenvalue weighted by molar-refractivity contribution is 8.00. The average Bonchev–Trinajstić information content (AvgIpc) is 2.82. The van der Waals surface area contributed by atoms with Gasteiger partial charge in [-0.25, -0.2) is 0 Å². The van der Waals surface area contributed by atoms with Crippen LogP contribution in [0.1, 0.15) is 45.4 Å². The second kappa shape index (κ2) is 9.09. The van der Waals surface area contributed by atoms with Crippen molar-refractivity contribution in [2.24, 2.45) is 0 Å². The van der Waals surface area contributed by atoms with Gasteiger partial charge in [-0.2, -0.15) is 0 Å². The lowest BCUT2D eigenvalue weighted by Gasteiger charge is -2.27. The van der Waals surface area contributed by atoms with Crippen LogP contribution < -0.4 is 4.74 Å². The molecular weight excluding hydrogens is 294 g/mol. The van der Waals surface area contributed by atoms with Crippen LogP contribution in [-0.4, -0.2) is 36.3 Å². The molecule has 0 radical (unpaired) electrons. The topological polar surface area (TPSA) is 29.5 Å². The van der Waals surface area contributed by atoms with Crippen molar-refractivity contribution in [1.82, 2.24) is 4.90 Å². The molecule has 1 saturated carbocycles. The van der Waals surface area contributed by atoms with Gasteiger partial charge in [0, 0.05) is 18.0 Å². The molecule has 0 aromatic heterocycles. The summed E-state index contributed by atoms with van der Waals surface area (Å²) in [4.78, 5) is 15.5. The first-order valence-corrected chi connectivity index (χ1v) is 9.30. The van der Waals surface area contributed by atoms with E-state index in [1.54, 1.807) is 11.8 Å². The van der Waals surface area contributed by atoms with E-state index in [-0.39, 0.29) is 5.91 Å². The maximum absolute atomic E-state index is 12.4. The van der Waals surface area contributed by atoms with Crippen LogP contribution in [0.3, 0.4) is 0 Å². The molecule has 122 valence electrons. The molecule has 1 aliphatic rings. The Hall–Kier alpha value is -1.16. The SMILES string of the molecule is CCOc1ccc(SCC(=O)N(C)C2CCCCCC2)cc1. The fourth-order valence-electron chi connectivity index (χ4n) is 2.89. The van der Waals surface area contributed by atoms with Crippen molar-refractivity contribution in [2.75, 3.05) is 19.4 Å². The van der Waals surface area contributed by atoms with Gasteiger partial charge in [0.05, 0.1) is 12.4 Å². The van der Waals surface area contributed by atoms with Crippen molar-refractivity contribution in [1.29, 1.82) is 0 Å². The number of ether oxygens (including phenoxy) is 1.